The number of carbonyl (C=O) groups is 3. The smallest absolute Gasteiger partial charge is 0.344 e. The Labute approximate surface area is 153 Å². The van der Waals surface area contributed by atoms with E-state index < -0.39 is 30.9 Å². The maximum Gasteiger partial charge on any atom is 0.344 e. The molecule has 0 saturated carbocycles. The number of esters is 2. The van der Waals surface area contributed by atoms with Gasteiger partial charge in [-0.1, -0.05) is 15.9 Å². The molecule has 8 nitrogen and oxygen atoms in total. The van der Waals surface area contributed by atoms with Gasteiger partial charge in [0.05, 0.1) is 24.1 Å². The Hall–Kier alpha value is -2.29. The van der Waals surface area contributed by atoms with Crippen molar-refractivity contribution in [1.82, 2.24) is 0 Å². The van der Waals surface area contributed by atoms with E-state index in [-0.39, 0.29) is 41.4 Å². The fraction of sp³-hybridized carbons (Fsp3) is 0.438. The van der Waals surface area contributed by atoms with Crippen molar-refractivity contribution in [3.8, 4) is 17.2 Å². The third-order valence-electron chi connectivity index (χ3n) is 2.79. The Balaban J connectivity index is 3.02. The number of halogens is 1. The Kier molecular flexibility index (Phi) is 8.76. The monoisotopic (exact) mass is 418 g/mol. The molecule has 25 heavy (non-hydrogen) atoms. The van der Waals surface area contributed by atoms with Crippen LogP contribution in [-0.2, 0) is 19.1 Å². The molecule has 1 rings (SSSR count). The lowest BCUT2D eigenvalue weighted by atomic mass is 10.1. The number of hydrogen-bond acceptors (Lipinski definition) is 8. The van der Waals surface area contributed by atoms with E-state index in [2.05, 4.69) is 15.9 Å². The van der Waals surface area contributed by atoms with E-state index in [1.807, 2.05) is 0 Å². The van der Waals surface area contributed by atoms with E-state index >= 15 is 0 Å². The minimum atomic E-state index is -0.612. The van der Waals surface area contributed by atoms with Crippen molar-refractivity contribution in [2.24, 2.45) is 0 Å². The van der Waals surface area contributed by atoms with Crippen molar-refractivity contribution in [3.63, 3.8) is 0 Å². The zero-order chi connectivity index (χ0) is 18.8. The summed E-state index contributed by atoms with van der Waals surface area (Å²) < 4.78 is 20.1. The second-order valence-corrected chi connectivity index (χ2v) is 5.12. The van der Waals surface area contributed by atoms with Gasteiger partial charge in [-0.2, -0.15) is 0 Å². The molecule has 0 heterocycles. The molecule has 1 aromatic rings. The zero-order valence-electron chi connectivity index (χ0n) is 13.9. The highest BCUT2D eigenvalue weighted by molar-refractivity contribution is 9.09. The highest BCUT2D eigenvalue weighted by atomic mass is 79.9. The minimum absolute atomic E-state index is 0.0130. The van der Waals surface area contributed by atoms with E-state index in [4.69, 9.17) is 18.9 Å². The summed E-state index contributed by atoms with van der Waals surface area (Å²) in [5.74, 6) is -1.96. The molecular formula is C16H19BrO8. The fourth-order valence-corrected chi connectivity index (χ4v) is 2.05. The van der Waals surface area contributed by atoms with Gasteiger partial charge in [0.2, 0.25) is 0 Å². The topological polar surface area (TPSA) is 108 Å². The molecule has 138 valence electrons. The van der Waals surface area contributed by atoms with Crippen molar-refractivity contribution in [2.45, 2.75) is 13.8 Å². The molecule has 0 spiro atoms. The van der Waals surface area contributed by atoms with Gasteiger partial charge in [0, 0.05) is 6.07 Å². The van der Waals surface area contributed by atoms with Crippen LogP contribution in [0.5, 0.6) is 17.2 Å². The number of alkyl halides is 1. The van der Waals surface area contributed by atoms with Gasteiger partial charge in [0.1, 0.15) is 5.75 Å². The van der Waals surface area contributed by atoms with E-state index in [0.29, 0.717) is 0 Å². The van der Waals surface area contributed by atoms with Gasteiger partial charge in [0.15, 0.2) is 30.5 Å². The molecule has 0 amide bonds. The van der Waals surface area contributed by atoms with E-state index in [1.54, 1.807) is 13.8 Å². The van der Waals surface area contributed by atoms with Crippen LogP contribution in [0.1, 0.15) is 24.2 Å². The van der Waals surface area contributed by atoms with Crippen LogP contribution in [-0.4, -0.2) is 54.6 Å². The quantitative estimate of drug-likeness (QED) is 0.348. The standard InChI is InChI=1S/C16H19BrO8/c1-3-22-15(20)8-24-13-5-10(12(19)7-17)11(18)6-14(13)25-9-16(21)23-4-2/h5-6,18H,3-4,7-9H2,1-2H3. The maximum absolute atomic E-state index is 11.8. The number of phenolic OH excluding ortho intramolecular Hbond substituents is 1. The molecule has 1 aromatic carbocycles. The molecule has 0 aliphatic rings. The first-order valence-electron chi connectivity index (χ1n) is 7.45. The Morgan fingerprint density at radius 1 is 0.960 bits per heavy atom. The number of ether oxygens (including phenoxy) is 4. The van der Waals surface area contributed by atoms with Crippen LogP contribution < -0.4 is 9.47 Å². The summed E-state index contributed by atoms with van der Waals surface area (Å²) in [6.07, 6.45) is 0. The molecule has 0 bridgehead atoms. The molecule has 0 unspecified atom stereocenters. The van der Waals surface area contributed by atoms with Crippen LogP contribution in [0.25, 0.3) is 0 Å². The Bertz CT molecular complexity index is 629. The van der Waals surface area contributed by atoms with Crippen molar-refractivity contribution in [3.05, 3.63) is 17.7 Å². The number of rotatable bonds is 10. The third-order valence-corrected chi connectivity index (χ3v) is 3.29. The SMILES string of the molecule is CCOC(=O)COc1cc(O)c(C(=O)CBr)cc1OCC(=O)OCC. The van der Waals surface area contributed by atoms with Crippen LogP contribution >= 0.6 is 15.9 Å². The van der Waals surface area contributed by atoms with Gasteiger partial charge in [0.25, 0.3) is 0 Å². The third kappa shape index (κ3) is 6.61. The second kappa shape index (κ2) is 10.5. The highest BCUT2D eigenvalue weighted by Gasteiger charge is 2.18. The number of phenols is 1. The average molecular weight is 419 g/mol. The first kappa shape index (κ1) is 20.8. The van der Waals surface area contributed by atoms with Crippen molar-refractivity contribution in [2.75, 3.05) is 31.8 Å². The summed E-state index contributed by atoms with van der Waals surface area (Å²) in [6.45, 7) is 2.85. The van der Waals surface area contributed by atoms with Crippen molar-refractivity contribution < 1.29 is 38.4 Å². The number of ketones is 1. The molecule has 0 aliphatic carbocycles. The number of carbonyl (C=O) groups excluding carboxylic acids is 3. The van der Waals surface area contributed by atoms with E-state index in [0.717, 1.165) is 6.07 Å². The van der Waals surface area contributed by atoms with Crippen LogP contribution in [0.3, 0.4) is 0 Å². The summed E-state index contributed by atoms with van der Waals surface area (Å²) in [5.41, 5.74) is -0.0146. The zero-order valence-corrected chi connectivity index (χ0v) is 15.5. The van der Waals surface area contributed by atoms with Gasteiger partial charge < -0.3 is 24.1 Å². The van der Waals surface area contributed by atoms with Crippen LogP contribution in [0, 0.1) is 0 Å². The van der Waals surface area contributed by atoms with Gasteiger partial charge in [-0.25, -0.2) is 9.59 Å². The lowest BCUT2D eigenvalue weighted by Crippen LogP contribution is -2.17. The first-order chi connectivity index (χ1) is 11.9. The van der Waals surface area contributed by atoms with Gasteiger partial charge in [-0.3, -0.25) is 4.79 Å². The first-order valence-corrected chi connectivity index (χ1v) is 8.58. The molecule has 0 saturated heterocycles. The average Bonchev–Trinajstić information content (AvgIpc) is 2.58. The number of hydrogen-bond donors (Lipinski definition) is 1. The largest absolute Gasteiger partial charge is 0.507 e. The molecule has 0 aliphatic heterocycles. The number of aromatic hydroxyl groups is 1. The molecule has 0 fully saturated rings. The number of Topliss-reactive ketones (excluding diaryl/α,β-unsaturated/α-hetero) is 1. The number of benzene rings is 1. The van der Waals surface area contributed by atoms with Crippen LogP contribution in [0.15, 0.2) is 12.1 Å². The van der Waals surface area contributed by atoms with Crippen molar-refractivity contribution in [1.29, 1.82) is 0 Å². The molecule has 0 radical (unpaired) electrons. The fourth-order valence-electron chi connectivity index (χ4n) is 1.75. The normalized spacial score (nSPS) is 10.0. The summed E-state index contributed by atoms with van der Waals surface area (Å²) >= 11 is 3.01. The lowest BCUT2D eigenvalue weighted by Gasteiger charge is -2.14. The lowest BCUT2D eigenvalue weighted by molar-refractivity contribution is -0.146. The summed E-state index contributed by atoms with van der Waals surface area (Å²) in [5, 5.41) is 9.95. The second-order valence-electron chi connectivity index (χ2n) is 4.56. The van der Waals surface area contributed by atoms with E-state index in [1.165, 1.54) is 6.07 Å². The van der Waals surface area contributed by atoms with Gasteiger partial charge in [-0.15, -0.1) is 0 Å². The van der Waals surface area contributed by atoms with Gasteiger partial charge in [-0.05, 0) is 19.9 Å². The highest BCUT2D eigenvalue weighted by Crippen LogP contribution is 2.35. The van der Waals surface area contributed by atoms with Gasteiger partial charge >= 0.3 is 11.9 Å². The minimum Gasteiger partial charge on any atom is -0.507 e. The molecular weight excluding hydrogens is 400 g/mol. The molecule has 1 N–H and O–H groups in total. The van der Waals surface area contributed by atoms with Crippen LogP contribution in [0.4, 0.5) is 0 Å². The molecule has 9 heteroatoms. The summed E-state index contributed by atoms with van der Waals surface area (Å²) in [6, 6.07) is 2.37. The summed E-state index contributed by atoms with van der Waals surface area (Å²) in [7, 11) is 0. The summed E-state index contributed by atoms with van der Waals surface area (Å²) in [4.78, 5) is 34.7. The van der Waals surface area contributed by atoms with Crippen molar-refractivity contribution >= 4 is 33.7 Å². The Morgan fingerprint density at radius 3 is 1.88 bits per heavy atom. The van der Waals surface area contributed by atoms with E-state index in [9.17, 15) is 19.5 Å². The predicted octanol–water partition coefficient (Wildman–Crippen LogP) is 1.85. The maximum atomic E-state index is 11.8. The predicted molar refractivity (Wildman–Crippen MR) is 90.5 cm³/mol. The Morgan fingerprint density at radius 2 is 1.44 bits per heavy atom. The molecule has 0 aromatic heterocycles. The molecule has 0 atom stereocenters. The van der Waals surface area contributed by atoms with Crippen LogP contribution in [0.2, 0.25) is 0 Å².